The first-order chi connectivity index (χ1) is 13.9. The molecular weight excluding hydrogens is 496 g/mol. The second-order valence-corrected chi connectivity index (χ2v) is 8.77. The monoisotopic (exact) mass is 508 g/mol. The van der Waals surface area contributed by atoms with Crippen molar-refractivity contribution in [3.63, 3.8) is 0 Å². The summed E-state index contributed by atoms with van der Waals surface area (Å²) >= 11 is 15.6. The molecule has 0 unspecified atom stereocenters. The lowest BCUT2D eigenvalue weighted by atomic mass is 10.2. The lowest BCUT2D eigenvalue weighted by Crippen LogP contribution is -2.44. The van der Waals surface area contributed by atoms with Crippen molar-refractivity contribution in [2.24, 2.45) is 0 Å². The number of hydrazine groups is 1. The Balaban J connectivity index is 1.81. The molecule has 0 atom stereocenters. The highest BCUT2D eigenvalue weighted by atomic mass is 79.9. The third kappa shape index (κ3) is 5.27. The summed E-state index contributed by atoms with van der Waals surface area (Å²) in [5, 5.41) is 1.57. The number of halogens is 2. The molecule has 1 saturated heterocycles. The Morgan fingerprint density at radius 3 is 2.72 bits per heavy atom. The van der Waals surface area contributed by atoms with Crippen molar-refractivity contribution >= 4 is 73.7 Å². The first kappa shape index (κ1) is 21.6. The summed E-state index contributed by atoms with van der Waals surface area (Å²) in [6.45, 7) is 3.97. The number of carbonyl (C=O) groups is 2. The van der Waals surface area contributed by atoms with E-state index < -0.39 is 11.8 Å². The van der Waals surface area contributed by atoms with Gasteiger partial charge in [0, 0.05) is 20.6 Å². The van der Waals surface area contributed by atoms with Crippen LogP contribution in [0.5, 0.6) is 5.75 Å². The smallest absolute Gasteiger partial charge is 0.285 e. The SMILES string of the molecule is C=CCOc1ccc(Br)cc1/C=C1/SC(=S)N(NC(=O)c2ccc(Cl)cc2)C1=O. The molecule has 2 amide bonds. The number of thioether (sulfide) groups is 1. The van der Waals surface area contributed by atoms with Crippen LogP contribution in [-0.2, 0) is 4.79 Å². The fourth-order valence-electron chi connectivity index (χ4n) is 2.38. The molecule has 0 spiro atoms. The van der Waals surface area contributed by atoms with Gasteiger partial charge < -0.3 is 4.74 Å². The van der Waals surface area contributed by atoms with E-state index in [9.17, 15) is 9.59 Å². The van der Waals surface area contributed by atoms with Gasteiger partial charge in [0.1, 0.15) is 12.4 Å². The number of hydrogen-bond acceptors (Lipinski definition) is 5. The number of ether oxygens (including phenoxy) is 1. The molecule has 5 nitrogen and oxygen atoms in total. The maximum Gasteiger partial charge on any atom is 0.285 e. The zero-order chi connectivity index (χ0) is 21.0. The summed E-state index contributed by atoms with van der Waals surface area (Å²) < 4.78 is 6.70. The third-order valence-electron chi connectivity index (χ3n) is 3.73. The van der Waals surface area contributed by atoms with Crippen LogP contribution in [0.2, 0.25) is 5.02 Å². The number of hydrogen-bond donors (Lipinski definition) is 1. The van der Waals surface area contributed by atoms with Crippen LogP contribution in [0.3, 0.4) is 0 Å². The molecule has 0 radical (unpaired) electrons. The molecular formula is C20H14BrClN2O3S2. The second-order valence-electron chi connectivity index (χ2n) is 5.75. The molecule has 1 fully saturated rings. The molecule has 1 heterocycles. The average molecular weight is 510 g/mol. The minimum absolute atomic E-state index is 0.229. The van der Waals surface area contributed by atoms with Crippen molar-refractivity contribution in [3.8, 4) is 5.75 Å². The summed E-state index contributed by atoms with van der Waals surface area (Å²) in [5.74, 6) is -0.280. The van der Waals surface area contributed by atoms with Crippen LogP contribution in [0, 0.1) is 0 Å². The topological polar surface area (TPSA) is 58.6 Å². The number of benzene rings is 2. The predicted molar refractivity (Wildman–Crippen MR) is 124 cm³/mol. The van der Waals surface area contributed by atoms with Crippen molar-refractivity contribution in [3.05, 3.63) is 80.6 Å². The average Bonchev–Trinajstić information content (AvgIpc) is 2.95. The Bertz CT molecular complexity index is 1020. The number of rotatable bonds is 6. The van der Waals surface area contributed by atoms with Gasteiger partial charge in [-0.3, -0.25) is 15.0 Å². The zero-order valence-corrected chi connectivity index (χ0v) is 18.8. The van der Waals surface area contributed by atoms with Crippen LogP contribution in [0.25, 0.3) is 6.08 Å². The molecule has 1 N–H and O–H groups in total. The highest BCUT2D eigenvalue weighted by Crippen LogP contribution is 2.34. The molecule has 2 aromatic carbocycles. The summed E-state index contributed by atoms with van der Waals surface area (Å²) in [6, 6.07) is 11.8. The highest BCUT2D eigenvalue weighted by molar-refractivity contribution is 9.10. The predicted octanol–water partition coefficient (Wildman–Crippen LogP) is 5.21. The van der Waals surface area contributed by atoms with E-state index in [4.69, 9.17) is 28.6 Å². The Morgan fingerprint density at radius 1 is 1.31 bits per heavy atom. The number of amides is 2. The number of thiocarbonyl (C=S) groups is 1. The van der Waals surface area contributed by atoms with E-state index in [1.807, 2.05) is 12.1 Å². The standard InChI is InChI=1S/C20H14BrClN2O3S2/c1-2-9-27-16-8-5-14(21)10-13(16)11-17-19(26)24(20(28)29-17)23-18(25)12-3-6-15(22)7-4-12/h2-8,10-11H,1,9H2,(H,23,25)/b17-11+. The highest BCUT2D eigenvalue weighted by Gasteiger charge is 2.34. The van der Waals surface area contributed by atoms with Gasteiger partial charge in [-0.2, -0.15) is 5.01 Å². The van der Waals surface area contributed by atoms with Crippen molar-refractivity contribution in [2.75, 3.05) is 6.61 Å². The van der Waals surface area contributed by atoms with E-state index >= 15 is 0 Å². The normalized spacial score (nSPS) is 15.0. The van der Waals surface area contributed by atoms with E-state index in [0.29, 0.717) is 33.4 Å². The minimum Gasteiger partial charge on any atom is -0.489 e. The Hall–Kier alpha value is -2.13. The summed E-state index contributed by atoms with van der Waals surface area (Å²) in [4.78, 5) is 25.6. The van der Waals surface area contributed by atoms with E-state index in [2.05, 4.69) is 27.9 Å². The fourth-order valence-corrected chi connectivity index (χ4v) is 4.06. The Kier molecular flexibility index (Phi) is 7.13. The van der Waals surface area contributed by atoms with Gasteiger partial charge in [0.15, 0.2) is 4.32 Å². The molecule has 9 heteroatoms. The Labute approximate surface area is 190 Å². The van der Waals surface area contributed by atoms with Crippen molar-refractivity contribution < 1.29 is 14.3 Å². The van der Waals surface area contributed by atoms with E-state index in [0.717, 1.165) is 21.2 Å². The van der Waals surface area contributed by atoms with Gasteiger partial charge in [-0.25, -0.2) is 0 Å². The van der Waals surface area contributed by atoms with Crippen LogP contribution in [-0.4, -0.2) is 27.8 Å². The van der Waals surface area contributed by atoms with Crippen molar-refractivity contribution in [1.29, 1.82) is 0 Å². The lowest BCUT2D eigenvalue weighted by Gasteiger charge is -2.15. The van der Waals surface area contributed by atoms with Crippen molar-refractivity contribution in [2.45, 2.75) is 0 Å². The van der Waals surface area contributed by atoms with Gasteiger partial charge in [0.25, 0.3) is 11.8 Å². The van der Waals surface area contributed by atoms with Gasteiger partial charge in [0.05, 0.1) is 4.91 Å². The molecule has 1 aliphatic heterocycles. The molecule has 148 valence electrons. The van der Waals surface area contributed by atoms with Gasteiger partial charge in [-0.05, 0) is 60.8 Å². The summed E-state index contributed by atoms with van der Waals surface area (Å²) in [6.07, 6.45) is 3.31. The van der Waals surface area contributed by atoms with Crippen LogP contribution < -0.4 is 10.2 Å². The van der Waals surface area contributed by atoms with Gasteiger partial charge in [0.2, 0.25) is 0 Å². The minimum atomic E-state index is -0.461. The first-order valence-corrected chi connectivity index (χ1v) is 10.7. The van der Waals surface area contributed by atoms with Gasteiger partial charge in [-0.1, -0.05) is 51.9 Å². The zero-order valence-electron chi connectivity index (χ0n) is 14.9. The molecule has 0 aliphatic carbocycles. The first-order valence-electron chi connectivity index (χ1n) is 8.27. The molecule has 3 rings (SSSR count). The van der Waals surface area contributed by atoms with E-state index in [-0.39, 0.29) is 4.32 Å². The van der Waals surface area contributed by atoms with Crippen LogP contribution in [0.1, 0.15) is 15.9 Å². The molecule has 0 saturated carbocycles. The Morgan fingerprint density at radius 2 is 2.03 bits per heavy atom. The van der Waals surface area contributed by atoms with E-state index in [1.165, 1.54) is 0 Å². The van der Waals surface area contributed by atoms with Crippen LogP contribution in [0.4, 0.5) is 0 Å². The molecule has 0 aromatic heterocycles. The lowest BCUT2D eigenvalue weighted by molar-refractivity contribution is -0.123. The number of carbonyl (C=O) groups excluding carboxylic acids is 2. The van der Waals surface area contributed by atoms with E-state index in [1.54, 1.807) is 42.5 Å². The van der Waals surface area contributed by atoms with Gasteiger partial charge in [-0.15, -0.1) is 0 Å². The quantitative estimate of drug-likeness (QED) is 0.329. The van der Waals surface area contributed by atoms with Crippen LogP contribution in [0.15, 0.2) is 64.5 Å². The summed E-state index contributed by atoms with van der Waals surface area (Å²) in [7, 11) is 0. The molecule has 29 heavy (non-hydrogen) atoms. The third-order valence-corrected chi connectivity index (χ3v) is 5.78. The molecule has 0 bridgehead atoms. The number of nitrogens with one attached hydrogen (secondary N) is 1. The number of nitrogens with zero attached hydrogens (tertiary/aromatic N) is 1. The maximum atomic E-state index is 12.8. The molecule has 2 aromatic rings. The maximum absolute atomic E-state index is 12.8. The fraction of sp³-hybridized carbons (Fsp3) is 0.0500. The van der Waals surface area contributed by atoms with Crippen LogP contribution >= 0.6 is 51.5 Å². The largest absolute Gasteiger partial charge is 0.489 e. The second kappa shape index (κ2) is 9.58. The van der Waals surface area contributed by atoms with Gasteiger partial charge >= 0.3 is 0 Å². The molecule has 1 aliphatic rings. The summed E-state index contributed by atoms with van der Waals surface area (Å²) in [5.41, 5.74) is 3.60. The van der Waals surface area contributed by atoms with Crippen molar-refractivity contribution in [1.82, 2.24) is 10.4 Å².